The van der Waals surface area contributed by atoms with Crippen molar-refractivity contribution >= 4 is 17.6 Å². The van der Waals surface area contributed by atoms with Gasteiger partial charge in [0.25, 0.3) is 0 Å². The molecule has 38 heavy (non-hydrogen) atoms. The molecular weight excluding hydrogens is 497 g/mol. The first-order valence-corrected chi connectivity index (χ1v) is 12.8. The van der Waals surface area contributed by atoms with Crippen LogP contribution in [0.5, 0.6) is 0 Å². The van der Waals surface area contributed by atoms with Crippen LogP contribution in [-0.4, -0.2) is 54.9 Å². The van der Waals surface area contributed by atoms with Gasteiger partial charge in [0.15, 0.2) is 12.1 Å². The van der Waals surface area contributed by atoms with E-state index in [9.17, 15) is 18.0 Å². The summed E-state index contributed by atoms with van der Waals surface area (Å²) in [5.41, 5.74) is 3.24. The molecule has 3 heterocycles. The zero-order valence-electron chi connectivity index (χ0n) is 21.7. The van der Waals surface area contributed by atoms with E-state index < -0.39 is 18.2 Å². The minimum absolute atomic E-state index is 0.0190. The fourth-order valence-corrected chi connectivity index (χ4v) is 5.14. The van der Waals surface area contributed by atoms with Gasteiger partial charge in [-0.2, -0.15) is 13.2 Å². The van der Waals surface area contributed by atoms with Gasteiger partial charge in [-0.1, -0.05) is 60.2 Å². The Balaban J connectivity index is 0.000000505. The standard InChI is InChI=1S/C27H35N2O2.C2HF3O2/c1-21(2)10-9-17-29-18-15-22(16-19-29)25(20-29)31-27(30)26(23-11-5-3-6-12-23)28-24-13-7-4-8-14-24;3-2(4,5)1(6)7/h3-8,10-14,22,25-26,28H,9,15-20H2,1-2H3;(H,6,7)/q+1;/p-1. The molecule has 0 saturated carbocycles. The second kappa shape index (κ2) is 13.0. The van der Waals surface area contributed by atoms with Crippen LogP contribution in [0.3, 0.4) is 0 Å². The summed E-state index contributed by atoms with van der Waals surface area (Å²) in [7, 11) is 0. The maximum Gasteiger partial charge on any atom is 0.430 e. The molecule has 3 saturated heterocycles. The molecule has 0 radical (unpaired) electrons. The number of halogens is 3. The Kier molecular flexibility index (Phi) is 9.96. The van der Waals surface area contributed by atoms with Crippen LogP contribution in [0.25, 0.3) is 0 Å². The van der Waals surface area contributed by atoms with Crippen molar-refractivity contribution in [3.8, 4) is 0 Å². The minimum Gasteiger partial charge on any atom is -0.542 e. The molecule has 3 aliphatic rings. The van der Waals surface area contributed by atoms with Crippen LogP contribution in [0.1, 0.15) is 44.7 Å². The van der Waals surface area contributed by atoms with Crippen LogP contribution >= 0.6 is 0 Å². The predicted octanol–water partition coefficient (Wildman–Crippen LogP) is 4.65. The van der Waals surface area contributed by atoms with Crippen molar-refractivity contribution in [2.45, 2.75) is 51.4 Å². The zero-order valence-corrected chi connectivity index (χ0v) is 21.7. The van der Waals surface area contributed by atoms with Crippen LogP contribution in [0.4, 0.5) is 18.9 Å². The molecule has 9 heteroatoms. The third kappa shape index (κ3) is 8.34. The SMILES string of the molecule is CC(C)=CCC[N+]12CCC(CC1)C(OC(=O)C(Nc1ccccc1)c1ccccc1)C2.O=C([O-])C(F)(F)F. The maximum atomic E-state index is 13.4. The fourth-order valence-electron chi connectivity index (χ4n) is 5.14. The van der Waals surface area contributed by atoms with Crippen molar-refractivity contribution in [3.63, 3.8) is 0 Å². The molecule has 2 unspecified atom stereocenters. The van der Waals surface area contributed by atoms with Gasteiger partial charge in [-0.15, -0.1) is 0 Å². The van der Waals surface area contributed by atoms with E-state index in [0.29, 0.717) is 5.92 Å². The smallest absolute Gasteiger partial charge is 0.430 e. The van der Waals surface area contributed by atoms with E-state index >= 15 is 0 Å². The quantitative estimate of drug-likeness (QED) is 0.304. The number of carbonyl (C=O) groups excluding carboxylic acids is 2. The van der Waals surface area contributed by atoms with Crippen LogP contribution in [0, 0.1) is 5.92 Å². The molecule has 3 fully saturated rings. The lowest BCUT2D eigenvalue weighted by molar-refractivity contribution is -0.945. The molecule has 1 N–H and O–H groups in total. The number of carbonyl (C=O) groups is 2. The largest absolute Gasteiger partial charge is 0.542 e. The first kappa shape index (κ1) is 29.2. The summed E-state index contributed by atoms with van der Waals surface area (Å²) in [4.78, 5) is 22.2. The highest BCUT2D eigenvalue weighted by atomic mass is 19.4. The monoisotopic (exact) mass is 532 g/mol. The number of esters is 1. The Bertz CT molecular complexity index is 1080. The van der Waals surface area contributed by atoms with E-state index in [2.05, 4.69) is 25.2 Å². The molecule has 2 aromatic rings. The number of piperidine rings is 3. The molecule has 2 aromatic carbocycles. The first-order chi connectivity index (χ1) is 18.0. The fraction of sp³-hybridized carbons (Fsp3) is 0.448. The van der Waals surface area contributed by atoms with Gasteiger partial charge < -0.3 is 24.4 Å². The number of carboxylic acid groups (broad SMARTS) is 1. The van der Waals surface area contributed by atoms with Gasteiger partial charge >= 0.3 is 12.1 Å². The van der Waals surface area contributed by atoms with Crippen LogP contribution in [0.2, 0.25) is 0 Å². The van der Waals surface area contributed by atoms with E-state index in [1.165, 1.54) is 18.7 Å². The number of rotatable bonds is 8. The summed E-state index contributed by atoms with van der Waals surface area (Å²) in [6.45, 7) is 8.88. The number of anilines is 1. The summed E-state index contributed by atoms with van der Waals surface area (Å²) in [6, 6.07) is 19.3. The van der Waals surface area contributed by atoms with Crippen molar-refractivity contribution in [3.05, 3.63) is 77.9 Å². The summed E-state index contributed by atoms with van der Waals surface area (Å²) in [5, 5.41) is 12.2. The van der Waals surface area contributed by atoms with Gasteiger partial charge in [0.05, 0.1) is 19.6 Å². The third-order valence-corrected chi connectivity index (χ3v) is 7.15. The number of aliphatic carboxylic acids is 1. The third-order valence-electron chi connectivity index (χ3n) is 7.15. The highest BCUT2D eigenvalue weighted by Crippen LogP contribution is 2.36. The zero-order chi connectivity index (χ0) is 27.8. The number of hydrogen-bond acceptors (Lipinski definition) is 5. The van der Waals surface area contributed by atoms with Gasteiger partial charge in [-0.05, 0) is 31.5 Å². The van der Waals surface area contributed by atoms with Gasteiger partial charge in [0, 0.05) is 30.9 Å². The maximum absolute atomic E-state index is 13.4. The van der Waals surface area contributed by atoms with Crippen LogP contribution < -0.4 is 10.4 Å². The Labute approximate surface area is 221 Å². The Morgan fingerprint density at radius 1 is 1.05 bits per heavy atom. The van der Waals surface area contributed by atoms with Crippen molar-refractivity contribution in [1.82, 2.24) is 0 Å². The molecule has 0 aliphatic carbocycles. The summed E-state index contributed by atoms with van der Waals surface area (Å²) >= 11 is 0. The topological polar surface area (TPSA) is 78.5 Å². The summed E-state index contributed by atoms with van der Waals surface area (Å²) in [6.07, 6.45) is 0.592. The second-order valence-corrected chi connectivity index (χ2v) is 10.2. The molecule has 0 spiro atoms. The first-order valence-electron chi connectivity index (χ1n) is 12.8. The van der Waals surface area contributed by atoms with Gasteiger partial charge in [-0.3, -0.25) is 0 Å². The molecule has 6 nitrogen and oxygen atoms in total. The number of fused-ring (bicyclic) bond motifs is 3. The van der Waals surface area contributed by atoms with Crippen LogP contribution in [-0.2, 0) is 14.3 Å². The minimum atomic E-state index is -5.19. The molecule has 0 amide bonds. The van der Waals surface area contributed by atoms with Gasteiger partial charge in [0.1, 0.15) is 12.5 Å². The normalized spacial score (nSPS) is 22.9. The number of alkyl halides is 3. The number of hydrogen-bond donors (Lipinski definition) is 1. The van der Waals surface area contributed by atoms with Crippen molar-refractivity contribution < 1.29 is 37.1 Å². The van der Waals surface area contributed by atoms with Crippen molar-refractivity contribution in [2.24, 2.45) is 5.92 Å². The van der Waals surface area contributed by atoms with E-state index in [1.807, 2.05) is 60.7 Å². The predicted molar refractivity (Wildman–Crippen MR) is 137 cm³/mol. The average molecular weight is 533 g/mol. The molecule has 3 aliphatic heterocycles. The van der Waals surface area contributed by atoms with E-state index in [1.54, 1.807) is 0 Å². The highest BCUT2D eigenvalue weighted by molar-refractivity contribution is 5.81. The number of nitrogens with zero attached hydrogens (tertiary/aromatic N) is 1. The van der Waals surface area contributed by atoms with Crippen molar-refractivity contribution in [1.29, 1.82) is 0 Å². The van der Waals surface area contributed by atoms with Crippen molar-refractivity contribution in [2.75, 3.05) is 31.5 Å². The number of carboxylic acids is 1. The van der Waals surface area contributed by atoms with E-state index in [4.69, 9.17) is 14.6 Å². The molecule has 206 valence electrons. The molecule has 5 rings (SSSR count). The number of allylic oxidation sites excluding steroid dienone is 1. The number of nitrogens with one attached hydrogen (secondary N) is 1. The number of quaternary nitrogens is 1. The Morgan fingerprint density at radius 2 is 1.61 bits per heavy atom. The molecule has 2 bridgehead atoms. The number of ether oxygens (including phenoxy) is 1. The van der Waals surface area contributed by atoms with E-state index in [-0.39, 0.29) is 12.1 Å². The average Bonchev–Trinajstić information content (AvgIpc) is 2.88. The molecule has 2 atom stereocenters. The Hall–Kier alpha value is -3.33. The number of para-hydroxylation sites is 1. The lowest BCUT2D eigenvalue weighted by atomic mass is 9.83. The summed E-state index contributed by atoms with van der Waals surface area (Å²) < 4.78 is 38.9. The number of benzene rings is 2. The Morgan fingerprint density at radius 3 is 2.13 bits per heavy atom. The van der Waals surface area contributed by atoms with Gasteiger partial charge in [0.2, 0.25) is 0 Å². The van der Waals surface area contributed by atoms with Gasteiger partial charge in [-0.25, -0.2) is 4.79 Å². The second-order valence-electron chi connectivity index (χ2n) is 10.2. The lowest BCUT2D eigenvalue weighted by Gasteiger charge is -2.52. The van der Waals surface area contributed by atoms with E-state index in [0.717, 1.165) is 48.1 Å². The molecular formula is C29H35F3N2O4. The molecule has 0 aromatic heterocycles. The van der Waals surface area contributed by atoms with Crippen LogP contribution in [0.15, 0.2) is 72.3 Å². The summed E-state index contributed by atoms with van der Waals surface area (Å²) in [5.74, 6) is -2.68. The highest BCUT2D eigenvalue weighted by Gasteiger charge is 2.47. The lowest BCUT2D eigenvalue weighted by Crippen LogP contribution is -2.64.